The third-order valence-electron chi connectivity index (χ3n) is 5.65. The molecule has 1 N–H and O–H groups in total. The maximum absolute atomic E-state index is 11.3. The van der Waals surface area contributed by atoms with E-state index < -0.39 is 6.10 Å². The second-order valence-corrected chi connectivity index (χ2v) is 9.33. The molecule has 0 saturated heterocycles. The number of rotatable bonds is 10. The Balaban J connectivity index is 2.01. The molecule has 0 radical (unpaired) electrons. The van der Waals surface area contributed by atoms with Gasteiger partial charge in [0.2, 0.25) is 0 Å². The monoisotopic (exact) mass is 477 g/mol. The topological polar surface area (TPSA) is 23.5 Å². The molecule has 0 aliphatic rings. The van der Waals surface area contributed by atoms with Crippen molar-refractivity contribution >= 4 is 45.6 Å². The van der Waals surface area contributed by atoms with Crippen molar-refractivity contribution in [2.75, 3.05) is 19.6 Å². The number of hydrogen-bond acceptors (Lipinski definition) is 2. The van der Waals surface area contributed by atoms with Crippen LogP contribution < -0.4 is 0 Å². The molecule has 0 fully saturated rings. The minimum Gasteiger partial charge on any atom is -0.387 e. The number of aliphatic hydroxyl groups excluding tert-OH is 1. The van der Waals surface area contributed by atoms with Gasteiger partial charge in [-0.25, -0.2) is 0 Å². The highest BCUT2D eigenvalue weighted by molar-refractivity contribution is 6.42. The average molecular weight is 479 g/mol. The van der Waals surface area contributed by atoms with Crippen molar-refractivity contribution in [3.63, 3.8) is 0 Å². The van der Waals surface area contributed by atoms with E-state index in [0.29, 0.717) is 21.6 Å². The summed E-state index contributed by atoms with van der Waals surface area (Å²) < 4.78 is 0. The maximum atomic E-state index is 11.3. The van der Waals surface area contributed by atoms with Crippen molar-refractivity contribution in [2.45, 2.75) is 45.6 Å². The summed E-state index contributed by atoms with van der Waals surface area (Å²) in [6.45, 7) is 7.02. The van der Waals surface area contributed by atoms with Crippen LogP contribution in [0, 0.1) is 0 Å². The van der Waals surface area contributed by atoms with Gasteiger partial charge in [-0.3, -0.25) is 0 Å². The van der Waals surface area contributed by atoms with Crippen LogP contribution in [0.4, 0.5) is 0 Å². The number of benzene rings is 3. The minimum atomic E-state index is -0.597. The Hall–Kier alpha value is -1.29. The highest BCUT2D eigenvalue weighted by atomic mass is 35.5. The zero-order valence-corrected chi connectivity index (χ0v) is 20.4. The number of aliphatic hydroxyl groups is 1. The van der Waals surface area contributed by atoms with Crippen molar-refractivity contribution in [2.24, 2.45) is 0 Å². The first-order chi connectivity index (χ1) is 14.9. The molecular formula is C26H30Cl3NO. The standard InChI is InChI=1S/C26H30Cl3NO/c1-3-5-11-30(12-6-4-2)17-26(31)23-15-19(18-7-10-24(28)25(29)16-18)13-20-14-21(27)8-9-22(20)23/h7-10,13-16,26,31H,3-6,11-12,17H2,1-2H3/t26-/m0/s1. The Morgan fingerprint density at radius 3 is 2.16 bits per heavy atom. The number of fused-ring (bicyclic) bond motifs is 1. The Morgan fingerprint density at radius 2 is 1.52 bits per heavy atom. The average Bonchev–Trinajstić information content (AvgIpc) is 2.76. The molecule has 166 valence electrons. The van der Waals surface area contributed by atoms with Gasteiger partial charge in [0.05, 0.1) is 16.1 Å². The van der Waals surface area contributed by atoms with Crippen LogP contribution in [0.15, 0.2) is 48.5 Å². The van der Waals surface area contributed by atoms with Crippen LogP contribution in [-0.4, -0.2) is 29.6 Å². The van der Waals surface area contributed by atoms with Gasteiger partial charge in [-0.1, -0.05) is 73.6 Å². The van der Waals surface area contributed by atoms with Gasteiger partial charge in [0, 0.05) is 11.6 Å². The van der Waals surface area contributed by atoms with E-state index in [-0.39, 0.29) is 0 Å². The molecule has 0 heterocycles. The predicted octanol–water partition coefficient (Wildman–Crippen LogP) is 8.40. The Labute approximate surface area is 200 Å². The van der Waals surface area contributed by atoms with E-state index in [1.54, 1.807) is 6.07 Å². The molecule has 0 aromatic heterocycles. The van der Waals surface area contributed by atoms with Crippen LogP contribution in [0.5, 0.6) is 0 Å². The molecule has 0 aliphatic carbocycles. The summed E-state index contributed by atoms with van der Waals surface area (Å²) in [6.07, 6.45) is 3.96. The van der Waals surface area contributed by atoms with Gasteiger partial charge in [0.15, 0.2) is 0 Å². The van der Waals surface area contributed by atoms with Gasteiger partial charge in [0.1, 0.15) is 0 Å². The summed E-state index contributed by atoms with van der Waals surface area (Å²) in [4.78, 5) is 2.38. The van der Waals surface area contributed by atoms with Crippen LogP contribution in [0.1, 0.15) is 51.2 Å². The SMILES string of the molecule is CCCCN(CCCC)C[C@H](O)c1cc(-c2ccc(Cl)c(Cl)c2)cc2cc(Cl)ccc12. The van der Waals surface area contributed by atoms with Crippen LogP contribution in [0.3, 0.4) is 0 Å². The molecule has 0 aliphatic heterocycles. The fraction of sp³-hybridized carbons (Fsp3) is 0.385. The van der Waals surface area contributed by atoms with E-state index in [1.165, 1.54) is 0 Å². The molecular weight excluding hydrogens is 449 g/mol. The molecule has 3 aromatic rings. The predicted molar refractivity (Wildman–Crippen MR) is 136 cm³/mol. The van der Waals surface area contributed by atoms with Gasteiger partial charge in [-0.05, 0) is 89.8 Å². The second kappa shape index (κ2) is 11.5. The van der Waals surface area contributed by atoms with E-state index in [4.69, 9.17) is 34.8 Å². The molecule has 31 heavy (non-hydrogen) atoms. The van der Waals surface area contributed by atoms with Crippen LogP contribution in [-0.2, 0) is 0 Å². The fourth-order valence-electron chi connectivity index (χ4n) is 3.89. The zero-order valence-electron chi connectivity index (χ0n) is 18.2. The van der Waals surface area contributed by atoms with Crippen molar-refractivity contribution in [1.82, 2.24) is 4.90 Å². The summed E-state index contributed by atoms with van der Waals surface area (Å²) in [5, 5.41) is 15.0. The minimum absolute atomic E-state index is 0.512. The first kappa shape index (κ1) is 24.4. The Bertz CT molecular complexity index is 1010. The number of unbranched alkanes of at least 4 members (excludes halogenated alkanes) is 2. The van der Waals surface area contributed by atoms with Gasteiger partial charge in [0.25, 0.3) is 0 Å². The number of nitrogens with zero attached hydrogens (tertiary/aromatic N) is 1. The number of halogens is 3. The Kier molecular flexibility index (Phi) is 9.06. The molecule has 1 atom stereocenters. The third kappa shape index (κ3) is 6.37. The summed E-state index contributed by atoms with van der Waals surface area (Å²) in [5.74, 6) is 0. The lowest BCUT2D eigenvalue weighted by Crippen LogP contribution is -2.30. The van der Waals surface area contributed by atoms with Gasteiger partial charge >= 0.3 is 0 Å². The molecule has 5 heteroatoms. The molecule has 0 bridgehead atoms. The summed E-state index contributed by atoms with van der Waals surface area (Å²) in [5.41, 5.74) is 2.85. The van der Waals surface area contributed by atoms with Crippen LogP contribution >= 0.6 is 34.8 Å². The van der Waals surface area contributed by atoms with E-state index in [1.807, 2.05) is 30.3 Å². The molecule has 2 nitrogen and oxygen atoms in total. The Morgan fingerprint density at radius 1 is 0.806 bits per heavy atom. The normalized spacial score (nSPS) is 12.6. The molecule has 0 saturated carbocycles. The van der Waals surface area contributed by atoms with E-state index in [2.05, 4.69) is 30.9 Å². The third-order valence-corrected chi connectivity index (χ3v) is 6.62. The van der Waals surface area contributed by atoms with Gasteiger partial charge in [-0.2, -0.15) is 0 Å². The summed E-state index contributed by atoms with van der Waals surface area (Å²) >= 11 is 18.7. The van der Waals surface area contributed by atoms with E-state index in [9.17, 15) is 5.11 Å². The lowest BCUT2D eigenvalue weighted by Gasteiger charge is -2.26. The van der Waals surface area contributed by atoms with Crippen molar-refractivity contribution in [1.29, 1.82) is 0 Å². The van der Waals surface area contributed by atoms with Gasteiger partial charge in [-0.15, -0.1) is 0 Å². The van der Waals surface area contributed by atoms with Gasteiger partial charge < -0.3 is 10.0 Å². The smallest absolute Gasteiger partial charge is 0.0923 e. The summed E-state index contributed by atoms with van der Waals surface area (Å²) in [6, 6.07) is 15.6. The lowest BCUT2D eigenvalue weighted by molar-refractivity contribution is 0.112. The van der Waals surface area contributed by atoms with E-state index >= 15 is 0 Å². The first-order valence-electron chi connectivity index (χ1n) is 11.0. The molecule has 0 amide bonds. The molecule has 3 rings (SSSR count). The second-order valence-electron chi connectivity index (χ2n) is 8.08. The molecule has 0 unspecified atom stereocenters. The molecule has 3 aromatic carbocycles. The van der Waals surface area contributed by atoms with Crippen molar-refractivity contribution in [3.05, 3.63) is 69.2 Å². The maximum Gasteiger partial charge on any atom is 0.0923 e. The van der Waals surface area contributed by atoms with E-state index in [0.717, 1.165) is 66.2 Å². The fourth-order valence-corrected chi connectivity index (χ4v) is 4.37. The van der Waals surface area contributed by atoms with Crippen molar-refractivity contribution < 1.29 is 5.11 Å². The highest BCUT2D eigenvalue weighted by Crippen LogP contribution is 2.35. The quantitative estimate of drug-likeness (QED) is 0.316. The van der Waals surface area contributed by atoms with Crippen molar-refractivity contribution in [3.8, 4) is 11.1 Å². The largest absolute Gasteiger partial charge is 0.387 e. The van der Waals surface area contributed by atoms with Crippen LogP contribution in [0.2, 0.25) is 15.1 Å². The molecule has 0 spiro atoms. The summed E-state index contributed by atoms with van der Waals surface area (Å²) in [7, 11) is 0. The first-order valence-corrected chi connectivity index (χ1v) is 12.1. The zero-order chi connectivity index (χ0) is 22.4. The number of hydrogen-bond donors (Lipinski definition) is 1. The lowest BCUT2D eigenvalue weighted by atomic mass is 9.94. The van der Waals surface area contributed by atoms with Crippen LogP contribution in [0.25, 0.3) is 21.9 Å². The highest BCUT2D eigenvalue weighted by Gasteiger charge is 2.18.